The largest absolute Gasteiger partial charge is 0.329 e. The SMILES string of the molecule is NCC(c1cc(Cl)ccc1Cl)N1CCn2cnnc2C1. The summed E-state index contributed by atoms with van der Waals surface area (Å²) in [7, 11) is 0. The third kappa shape index (κ3) is 2.54. The van der Waals surface area contributed by atoms with Crippen LogP contribution >= 0.6 is 23.2 Å². The molecule has 1 unspecified atom stereocenters. The molecule has 0 spiro atoms. The molecule has 1 atom stereocenters. The van der Waals surface area contributed by atoms with Crippen molar-refractivity contribution in [2.75, 3.05) is 13.1 Å². The van der Waals surface area contributed by atoms with Crippen LogP contribution in [-0.2, 0) is 13.1 Å². The highest BCUT2D eigenvalue weighted by molar-refractivity contribution is 6.33. The summed E-state index contributed by atoms with van der Waals surface area (Å²) in [6.45, 7) is 2.94. The van der Waals surface area contributed by atoms with Crippen LogP contribution in [0.2, 0.25) is 10.0 Å². The average Bonchev–Trinajstić information content (AvgIpc) is 2.91. The number of rotatable bonds is 3. The summed E-state index contributed by atoms with van der Waals surface area (Å²) in [6.07, 6.45) is 1.76. The highest BCUT2D eigenvalue weighted by atomic mass is 35.5. The van der Waals surface area contributed by atoms with Gasteiger partial charge in [0.25, 0.3) is 0 Å². The van der Waals surface area contributed by atoms with Crippen molar-refractivity contribution < 1.29 is 0 Å². The van der Waals surface area contributed by atoms with Gasteiger partial charge in [0.15, 0.2) is 0 Å². The molecule has 7 heteroatoms. The first-order valence-electron chi connectivity index (χ1n) is 6.45. The fraction of sp³-hybridized carbons (Fsp3) is 0.385. The van der Waals surface area contributed by atoms with Crippen LogP contribution in [0.25, 0.3) is 0 Å². The van der Waals surface area contributed by atoms with Crippen molar-refractivity contribution in [3.8, 4) is 0 Å². The second kappa shape index (κ2) is 5.69. The van der Waals surface area contributed by atoms with Gasteiger partial charge in [-0.05, 0) is 23.8 Å². The number of nitrogens with two attached hydrogens (primary N) is 1. The molecule has 2 heterocycles. The van der Waals surface area contributed by atoms with Gasteiger partial charge in [0.2, 0.25) is 0 Å². The molecule has 1 aliphatic rings. The number of hydrogen-bond acceptors (Lipinski definition) is 4. The van der Waals surface area contributed by atoms with Crippen molar-refractivity contribution >= 4 is 23.2 Å². The van der Waals surface area contributed by atoms with E-state index in [0.717, 1.165) is 24.5 Å². The van der Waals surface area contributed by atoms with Crippen molar-refractivity contribution in [1.29, 1.82) is 0 Å². The van der Waals surface area contributed by atoms with E-state index in [9.17, 15) is 0 Å². The zero-order valence-electron chi connectivity index (χ0n) is 10.8. The molecule has 0 saturated carbocycles. The van der Waals surface area contributed by atoms with Gasteiger partial charge in [-0.1, -0.05) is 23.2 Å². The predicted octanol–water partition coefficient (Wildman–Crippen LogP) is 2.10. The zero-order chi connectivity index (χ0) is 14.1. The molecule has 1 aliphatic heterocycles. The number of benzene rings is 1. The number of hydrogen-bond donors (Lipinski definition) is 1. The summed E-state index contributed by atoms with van der Waals surface area (Å²) in [6, 6.07) is 5.52. The Morgan fingerprint density at radius 2 is 2.15 bits per heavy atom. The smallest absolute Gasteiger partial charge is 0.147 e. The molecular weight excluding hydrogens is 297 g/mol. The Morgan fingerprint density at radius 1 is 1.30 bits per heavy atom. The van der Waals surface area contributed by atoms with Crippen LogP contribution < -0.4 is 5.73 Å². The van der Waals surface area contributed by atoms with Gasteiger partial charge in [-0.3, -0.25) is 4.90 Å². The lowest BCUT2D eigenvalue weighted by atomic mass is 10.0. The van der Waals surface area contributed by atoms with Gasteiger partial charge in [0.05, 0.1) is 6.54 Å². The molecule has 3 rings (SSSR count). The third-order valence-corrected chi connectivity index (χ3v) is 4.23. The minimum Gasteiger partial charge on any atom is -0.329 e. The molecule has 20 heavy (non-hydrogen) atoms. The lowest BCUT2D eigenvalue weighted by Crippen LogP contribution is -2.39. The van der Waals surface area contributed by atoms with Crippen LogP contribution in [-0.4, -0.2) is 32.8 Å². The maximum Gasteiger partial charge on any atom is 0.147 e. The van der Waals surface area contributed by atoms with Gasteiger partial charge in [0, 0.05) is 35.7 Å². The van der Waals surface area contributed by atoms with Gasteiger partial charge >= 0.3 is 0 Å². The molecule has 1 aromatic carbocycles. The molecule has 0 radical (unpaired) electrons. The Balaban J connectivity index is 1.89. The summed E-state index contributed by atoms with van der Waals surface area (Å²) in [5, 5.41) is 9.43. The van der Waals surface area contributed by atoms with Gasteiger partial charge < -0.3 is 10.3 Å². The average molecular weight is 312 g/mol. The lowest BCUT2D eigenvalue weighted by Gasteiger charge is -2.34. The van der Waals surface area contributed by atoms with E-state index in [-0.39, 0.29) is 6.04 Å². The summed E-state index contributed by atoms with van der Waals surface area (Å²) in [4.78, 5) is 2.27. The van der Waals surface area contributed by atoms with Gasteiger partial charge in [-0.2, -0.15) is 0 Å². The topological polar surface area (TPSA) is 60.0 Å². The second-order valence-corrected chi connectivity index (χ2v) is 5.67. The molecule has 0 bridgehead atoms. The minimum atomic E-state index is 0.0339. The Hall–Kier alpha value is -1.14. The molecule has 0 saturated heterocycles. The lowest BCUT2D eigenvalue weighted by molar-refractivity contribution is 0.156. The minimum absolute atomic E-state index is 0.0339. The molecule has 0 amide bonds. The summed E-state index contributed by atoms with van der Waals surface area (Å²) < 4.78 is 2.06. The molecule has 106 valence electrons. The molecule has 1 aromatic heterocycles. The van der Waals surface area contributed by atoms with Gasteiger partial charge in [-0.15, -0.1) is 10.2 Å². The molecule has 2 aromatic rings. The van der Waals surface area contributed by atoms with Crippen molar-refractivity contribution in [2.24, 2.45) is 5.73 Å². The second-order valence-electron chi connectivity index (χ2n) is 4.83. The first kappa shape index (κ1) is 13.8. The van der Waals surface area contributed by atoms with Gasteiger partial charge in [0.1, 0.15) is 12.2 Å². The standard InChI is InChI=1S/C13H15Cl2N5/c14-9-1-2-11(15)10(5-9)12(6-16)19-3-4-20-8-17-18-13(20)7-19/h1-2,5,8,12H,3-4,6-7,16H2. The predicted molar refractivity (Wildman–Crippen MR) is 78.7 cm³/mol. The first-order chi connectivity index (χ1) is 9.69. The Bertz CT molecular complexity index is 613. The van der Waals surface area contributed by atoms with E-state index >= 15 is 0 Å². The van der Waals surface area contributed by atoms with E-state index in [0.29, 0.717) is 23.1 Å². The van der Waals surface area contributed by atoms with Crippen molar-refractivity contribution in [3.63, 3.8) is 0 Å². The van der Waals surface area contributed by atoms with Crippen LogP contribution in [0.3, 0.4) is 0 Å². The number of nitrogens with zero attached hydrogens (tertiary/aromatic N) is 4. The fourth-order valence-corrected chi connectivity index (χ4v) is 3.02. The third-order valence-electron chi connectivity index (χ3n) is 3.65. The van der Waals surface area contributed by atoms with E-state index in [1.165, 1.54) is 0 Å². The summed E-state index contributed by atoms with van der Waals surface area (Å²) in [5.41, 5.74) is 6.93. The Labute approximate surface area is 127 Å². The summed E-state index contributed by atoms with van der Waals surface area (Å²) >= 11 is 12.4. The van der Waals surface area contributed by atoms with E-state index in [1.54, 1.807) is 12.4 Å². The fourth-order valence-electron chi connectivity index (χ4n) is 2.59. The Morgan fingerprint density at radius 3 is 2.95 bits per heavy atom. The van der Waals surface area contributed by atoms with Gasteiger partial charge in [-0.25, -0.2) is 0 Å². The number of halogens is 2. The Kier molecular flexibility index (Phi) is 3.94. The van der Waals surface area contributed by atoms with E-state index in [1.807, 2.05) is 12.1 Å². The first-order valence-corrected chi connectivity index (χ1v) is 7.20. The van der Waals surface area contributed by atoms with Crippen molar-refractivity contribution in [3.05, 3.63) is 46.0 Å². The molecule has 0 aliphatic carbocycles. The number of fused-ring (bicyclic) bond motifs is 1. The molecule has 0 fully saturated rings. The molecule has 5 nitrogen and oxygen atoms in total. The van der Waals surface area contributed by atoms with Crippen LogP contribution in [0.5, 0.6) is 0 Å². The van der Waals surface area contributed by atoms with Crippen molar-refractivity contribution in [1.82, 2.24) is 19.7 Å². The van der Waals surface area contributed by atoms with E-state index in [2.05, 4.69) is 19.7 Å². The molecule has 2 N–H and O–H groups in total. The quantitative estimate of drug-likeness (QED) is 0.943. The van der Waals surface area contributed by atoms with Crippen LogP contribution in [0.4, 0.5) is 0 Å². The maximum absolute atomic E-state index is 6.29. The monoisotopic (exact) mass is 311 g/mol. The maximum atomic E-state index is 6.29. The van der Waals surface area contributed by atoms with Crippen LogP contribution in [0.1, 0.15) is 17.4 Å². The highest BCUT2D eigenvalue weighted by Crippen LogP contribution is 2.31. The summed E-state index contributed by atoms with van der Waals surface area (Å²) in [5.74, 6) is 0.952. The van der Waals surface area contributed by atoms with Crippen molar-refractivity contribution in [2.45, 2.75) is 19.1 Å². The zero-order valence-corrected chi connectivity index (χ0v) is 12.3. The molecular formula is C13H15Cl2N5. The van der Waals surface area contributed by atoms with E-state index < -0.39 is 0 Å². The number of aromatic nitrogens is 3. The highest BCUT2D eigenvalue weighted by Gasteiger charge is 2.26. The van der Waals surface area contributed by atoms with E-state index in [4.69, 9.17) is 28.9 Å². The van der Waals surface area contributed by atoms with Crippen LogP contribution in [0, 0.1) is 0 Å². The van der Waals surface area contributed by atoms with Crippen LogP contribution in [0.15, 0.2) is 24.5 Å². The normalized spacial score (nSPS) is 16.9.